The van der Waals surface area contributed by atoms with E-state index >= 15 is 0 Å². The Hall–Kier alpha value is -4.92. The maximum atomic E-state index is 14.0. The summed E-state index contributed by atoms with van der Waals surface area (Å²) in [5.74, 6) is 0.819. The molecule has 2 saturated carbocycles. The van der Waals surface area contributed by atoms with Crippen LogP contribution in [0.4, 0.5) is 4.39 Å². The van der Waals surface area contributed by atoms with Crippen LogP contribution in [0, 0.1) is 5.82 Å². The molecule has 226 valence electrons. The third kappa shape index (κ3) is 4.52. The van der Waals surface area contributed by atoms with Crippen LogP contribution in [0.5, 0.6) is 0 Å². The zero-order valence-corrected chi connectivity index (χ0v) is 25.4. The molecule has 1 N–H and O–H groups in total. The lowest BCUT2D eigenvalue weighted by molar-refractivity contribution is 0.0805. The highest BCUT2D eigenvalue weighted by molar-refractivity contribution is 6.01. The lowest BCUT2D eigenvalue weighted by atomic mass is 9.75. The lowest BCUT2D eigenvalue weighted by Crippen LogP contribution is -2.52. The third-order valence-corrected chi connectivity index (χ3v) is 10.00. The molecule has 2 fully saturated rings. The van der Waals surface area contributed by atoms with Gasteiger partial charge in [-0.05, 0) is 85.5 Å². The molecule has 8 rings (SSSR count). The van der Waals surface area contributed by atoms with Gasteiger partial charge < -0.3 is 14.5 Å². The predicted octanol–water partition coefficient (Wildman–Crippen LogP) is 7.19. The van der Waals surface area contributed by atoms with Crippen LogP contribution in [0.15, 0.2) is 73.4 Å². The van der Waals surface area contributed by atoms with Gasteiger partial charge in [0.2, 0.25) is 0 Å². The third-order valence-electron chi connectivity index (χ3n) is 10.00. The molecule has 1 amide bonds. The SMILES string of the molecule is Cn1c(C2(NC(=O)c3ccc4c(C5CCCC5)c(-c5ccc(F)cn5)n(C)c4c3)CCC2)nc2ccc(-c3cncnc3)cc21. The number of fused-ring (bicyclic) bond motifs is 2. The highest BCUT2D eigenvalue weighted by atomic mass is 19.1. The molecule has 6 aromatic rings. The summed E-state index contributed by atoms with van der Waals surface area (Å²) in [6.07, 6.45) is 13.7. The number of pyridine rings is 1. The summed E-state index contributed by atoms with van der Waals surface area (Å²) >= 11 is 0. The zero-order valence-electron chi connectivity index (χ0n) is 25.4. The van der Waals surface area contributed by atoms with Gasteiger partial charge in [0, 0.05) is 48.5 Å². The lowest BCUT2D eigenvalue weighted by Gasteiger charge is -2.41. The summed E-state index contributed by atoms with van der Waals surface area (Å²) in [6.45, 7) is 0. The van der Waals surface area contributed by atoms with Crippen molar-refractivity contribution in [3.8, 4) is 22.5 Å². The molecule has 9 heteroatoms. The van der Waals surface area contributed by atoms with Gasteiger partial charge in [-0.15, -0.1) is 0 Å². The summed E-state index contributed by atoms with van der Waals surface area (Å²) in [7, 11) is 4.04. The molecule has 4 heterocycles. The Morgan fingerprint density at radius 1 is 0.889 bits per heavy atom. The molecule has 2 aliphatic carbocycles. The summed E-state index contributed by atoms with van der Waals surface area (Å²) in [6, 6.07) is 15.4. The molecular weight excluding hydrogens is 565 g/mol. The number of carbonyl (C=O) groups excluding carboxylic acids is 1. The first-order chi connectivity index (χ1) is 21.9. The largest absolute Gasteiger partial charge is 0.342 e. The van der Waals surface area contributed by atoms with Crippen molar-refractivity contribution in [2.45, 2.75) is 56.4 Å². The Labute approximate surface area is 260 Å². The van der Waals surface area contributed by atoms with Crippen LogP contribution < -0.4 is 5.32 Å². The van der Waals surface area contributed by atoms with E-state index in [9.17, 15) is 9.18 Å². The van der Waals surface area contributed by atoms with Gasteiger partial charge in [-0.3, -0.25) is 9.78 Å². The second-order valence-electron chi connectivity index (χ2n) is 12.6. The van der Waals surface area contributed by atoms with Crippen LogP contribution in [-0.2, 0) is 19.6 Å². The number of carbonyl (C=O) groups is 1. The molecular formula is C36H34FN7O. The van der Waals surface area contributed by atoms with Crippen molar-refractivity contribution in [1.29, 1.82) is 0 Å². The van der Waals surface area contributed by atoms with E-state index in [1.807, 2.05) is 38.4 Å². The van der Waals surface area contributed by atoms with E-state index < -0.39 is 5.54 Å². The number of nitrogens with one attached hydrogen (secondary N) is 1. The van der Waals surface area contributed by atoms with Crippen LogP contribution in [0.1, 0.15) is 72.6 Å². The summed E-state index contributed by atoms with van der Waals surface area (Å²) in [5, 5.41) is 4.54. The average molecular weight is 600 g/mol. The number of hydrogen-bond donors (Lipinski definition) is 1. The minimum atomic E-state index is -0.539. The van der Waals surface area contributed by atoms with Crippen LogP contribution in [0.3, 0.4) is 0 Å². The maximum Gasteiger partial charge on any atom is 0.252 e. The molecule has 0 aliphatic heterocycles. The van der Waals surface area contributed by atoms with Crippen molar-refractivity contribution in [1.82, 2.24) is 34.4 Å². The Kier molecular flexibility index (Phi) is 6.51. The molecule has 2 aliphatic rings. The van der Waals surface area contributed by atoms with Crippen molar-refractivity contribution >= 4 is 27.8 Å². The number of benzene rings is 2. The Morgan fingerprint density at radius 2 is 1.69 bits per heavy atom. The molecule has 2 aromatic carbocycles. The molecule has 0 spiro atoms. The van der Waals surface area contributed by atoms with E-state index in [0.717, 1.165) is 82.4 Å². The van der Waals surface area contributed by atoms with E-state index in [1.165, 1.54) is 37.0 Å². The van der Waals surface area contributed by atoms with Gasteiger partial charge in [-0.25, -0.2) is 19.3 Å². The second kappa shape index (κ2) is 10.6. The van der Waals surface area contributed by atoms with Crippen LogP contribution in [0.25, 0.3) is 44.5 Å². The normalized spacial score (nSPS) is 16.3. The molecule has 4 aromatic heterocycles. The van der Waals surface area contributed by atoms with Crippen molar-refractivity contribution in [3.05, 3.63) is 96.2 Å². The van der Waals surface area contributed by atoms with E-state index in [-0.39, 0.29) is 11.7 Å². The van der Waals surface area contributed by atoms with Gasteiger partial charge in [0.15, 0.2) is 0 Å². The van der Waals surface area contributed by atoms with Gasteiger partial charge in [0.25, 0.3) is 5.91 Å². The second-order valence-corrected chi connectivity index (χ2v) is 12.6. The molecule has 45 heavy (non-hydrogen) atoms. The van der Waals surface area contributed by atoms with Gasteiger partial charge >= 0.3 is 0 Å². The first-order valence-corrected chi connectivity index (χ1v) is 15.7. The van der Waals surface area contributed by atoms with E-state index in [0.29, 0.717) is 11.5 Å². The van der Waals surface area contributed by atoms with Crippen molar-refractivity contribution in [2.24, 2.45) is 14.1 Å². The van der Waals surface area contributed by atoms with Crippen LogP contribution in [-0.4, -0.2) is 35.0 Å². The number of amides is 1. The molecule has 0 bridgehead atoms. The standard InChI is InChI=1S/C36H34FN7O/c1-43-30-17-24(8-11-27(30)32(22-6-3-4-7-22)33(43)29-13-10-26(37)20-40-29)34(45)42-36(14-5-15-36)35-41-28-12-9-23(16-31(28)44(35)2)25-18-38-21-39-19-25/h8-13,16-22H,3-7,14-15H2,1-2H3,(H,42,45). The topological polar surface area (TPSA) is 90.5 Å². The predicted molar refractivity (Wildman–Crippen MR) is 172 cm³/mol. The first kappa shape index (κ1) is 27.6. The molecule has 0 atom stereocenters. The van der Waals surface area contributed by atoms with Gasteiger partial charge in [0.1, 0.15) is 18.0 Å². The fourth-order valence-electron chi connectivity index (χ4n) is 7.53. The minimum absolute atomic E-state index is 0.115. The molecule has 0 unspecified atom stereocenters. The quantitative estimate of drug-likeness (QED) is 0.219. The van der Waals surface area contributed by atoms with E-state index in [1.54, 1.807) is 18.5 Å². The zero-order chi connectivity index (χ0) is 30.7. The molecule has 0 radical (unpaired) electrons. The van der Waals surface area contributed by atoms with Crippen LogP contribution >= 0.6 is 0 Å². The number of rotatable bonds is 6. The van der Waals surface area contributed by atoms with E-state index in [4.69, 9.17) is 4.98 Å². The Bertz CT molecular complexity index is 2070. The van der Waals surface area contributed by atoms with Gasteiger partial charge in [-0.1, -0.05) is 25.0 Å². The summed E-state index contributed by atoms with van der Waals surface area (Å²) in [5.41, 5.74) is 7.91. The number of imidazole rings is 1. The number of aromatic nitrogens is 6. The maximum absolute atomic E-state index is 14.0. The van der Waals surface area contributed by atoms with Crippen molar-refractivity contribution in [2.75, 3.05) is 0 Å². The van der Waals surface area contributed by atoms with E-state index in [2.05, 4.69) is 41.5 Å². The monoisotopic (exact) mass is 599 g/mol. The summed E-state index contributed by atoms with van der Waals surface area (Å²) in [4.78, 5) is 31.8. The summed E-state index contributed by atoms with van der Waals surface area (Å²) < 4.78 is 18.0. The first-order valence-electron chi connectivity index (χ1n) is 15.7. The highest BCUT2D eigenvalue weighted by Gasteiger charge is 2.44. The molecule has 8 nitrogen and oxygen atoms in total. The highest BCUT2D eigenvalue weighted by Crippen LogP contribution is 2.45. The van der Waals surface area contributed by atoms with Gasteiger partial charge in [-0.2, -0.15) is 0 Å². The van der Waals surface area contributed by atoms with Crippen LogP contribution in [0.2, 0.25) is 0 Å². The number of nitrogens with zero attached hydrogens (tertiary/aromatic N) is 6. The smallest absolute Gasteiger partial charge is 0.252 e. The Morgan fingerprint density at radius 3 is 2.40 bits per heavy atom. The van der Waals surface area contributed by atoms with Gasteiger partial charge in [0.05, 0.1) is 34.2 Å². The fraction of sp³-hybridized carbons (Fsp3) is 0.306. The fourth-order valence-corrected chi connectivity index (χ4v) is 7.53. The average Bonchev–Trinajstić information content (AvgIpc) is 3.77. The number of aryl methyl sites for hydroxylation is 2. The minimum Gasteiger partial charge on any atom is -0.342 e. The number of halogens is 1. The van der Waals surface area contributed by atoms with Crippen molar-refractivity contribution < 1.29 is 9.18 Å². The molecule has 0 saturated heterocycles. The number of hydrogen-bond acceptors (Lipinski definition) is 5. The Balaban J connectivity index is 1.15. The van der Waals surface area contributed by atoms with Crippen molar-refractivity contribution in [3.63, 3.8) is 0 Å².